The molecule has 0 radical (unpaired) electrons. The molecule has 2 rings (SSSR count). The van der Waals surface area contributed by atoms with Crippen molar-refractivity contribution < 1.29 is 19.0 Å². The first-order chi connectivity index (χ1) is 12.8. The molecular formula is C19H19BrN2O5. The number of nitrogens with zero attached hydrogens (tertiary/aromatic N) is 1. The second-order valence-corrected chi connectivity index (χ2v) is 6.53. The zero-order valence-corrected chi connectivity index (χ0v) is 17.0. The van der Waals surface area contributed by atoms with Gasteiger partial charge in [-0.2, -0.15) is 5.26 Å². The maximum Gasteiger partial charge on any atom is 0.347 e. The van der Waals surface area contributed by atoms with E-state index in [2.05, 4.69) is 20.9 Å². The molecule has 1 heterocycles. The van der Waals surface area contributed by atoms with Gasteiger partial charge in [-0.25, -0.2) is 4.79 Å². The van der Waals surface area contributed by atoms with Crippen LogP contribution in [0.5, 0.6) is 11.5 Å². The van der Waals surface area contributed by atoms with E-state index in [9.17, 15) is 14.9 Å². The first kappa shape index (κ1) is 20.5. The van der Waals surface area contributed by atoms with Crippen molar-refractivity contribution in [3.05, 3.63) is 44.3 Å². The number of nitriles is 1. The van der Waals surface area contributed by atoms with Gasteiger partial charge in [0.2, 0.25) is 0 Å². The minimum atomic E-state index is -0.826. The van der Waals surface area contributed by atoms with Crippen LogP contribution in [0.1, 0.15) is 25.1 Å². The molecule has 1 unspecified atom stereocenters. The Morgan fingerprint density at radius 2 is 2.00 bits per heavy atom. The van der Waals surface area contributed by atoms with E-state index in [1.165, 1.54) is 7.11 Å². The fourth-order valence-electron chi connectivity index (χ4n) is 2.50. The molecule has 2 aromatic rings. The third-order valence-corrected chi connectivity index (χ3v) is 4.40. The standard InChI is InChI=1S/C19H19BrN2O5/c1-5-26-19(24)11(3)27-17-8-15(20)13(7-16(17)25-4)12-6-10(2)22-18(23)14(12)9-21/h6-8,11H,5H2,1-4H3,(H,22,23). The van der Waals surface area contributed by atoms with E-state index >= 15 is 0 Å². The first-order valence-electron chi connectivity index (χ1n) is 8.17. The van der Waals surface area contributed by atoms with Crippen LogP contribution in [0.2, 0.25) is 0 Å². The number of methoxy groups -OCH3 is 1. The van der Waals surface area contributed by atoms with Crippen LogP contribution in [0.4, 0.5) is 0 Å². The number of benzene rings is 1. The molecule has 1 aromatic heterocycles. The number of hydrogen-bond donors (Lipinski definition) is 1. The van der Waals surface area contributed by atoms with Crippen molar-refractivity contribution in [2.45, 2.75) is 26.9 Å². The fourth-order valence-corrected chi connectivity index (χ4v) is 3.04. The predicted molar refractivity (Wildman–Crippen MR) is 103 cm³/mol. The number of nitrogens with one attached hydrogen (secondary N) is 1. The maximum atomic E-state index is 12.1. The minimum Gasteiger partial charge on any atom is -0.493 e. The highest BCUT2D eigenvalue weighted by Crippen LogP contribution is 2.39. The summed E-state index contributed by atoms with van der Waals surface area (Å²) in [4.78, 5) is 26.5. The van der Waals surface area contributed by atoms with E-state index in [-0.39, 0.29) is 12.2 Å². The van der Waals surface area contributed by atoms with Crippen molar-refractivity contribution in [1.29, 1.82) is 5.26 Å². The molecule has 0 amide bonds. The van der Waals surface area contributed by atoms with E-state index < -0.39 is 17.6 Å². The van der Waals surface area contributed by atoms with E-state index in [0.717, 1.165) is 0 Å². The molecule has 8 heteroatoms. The topological polar surface area (TPSA) is 101 Å². The molecule has 0 saturated heterocycles. The largest absolute Gasteiger partial charge is 0.493 e. The van der Waals surface area contributed by atoms with Crippen molar-refractivity contribution in [3.63, 3.8) is 0 Å². The molecule has 27 heavy (non-hydrogen) atoms. The second-order valence-electron chi connectivity index (χ2n) is 5.68. The number of pyridine rings is 1. The summed E-state index contributed by atoms with van der Waals surface area (Å²) >= 11 is 3.44. The normalized spacial score (nSPS) is 11.4. The van der Waals surface area contributed by atoms with Gasteiger partial charge in [-0.15, -0.1) is 0 Å². The van der Waals surface area contributed by atoms with E-state index in [1.807, 2.05) is 6.07 Å². The lowest BCUT2D eigenvalue weighted by Crippen LogP contribution is -2.26. The lowest BCUT2D eigenvalue weighted by Gasteiger charge is -2.18. The van der Waals surface area contributed by atoms with Gasteiger partial charge in [-0.1, -0.05) is 15.9 Å². The number of aromatic amines is 1. The Morgan fingerprint density at radius 1 is 1.30 bits per heavy atom. The Morgan fingerprint density at radius 3 is 2.59 bits per heavy atom. The van der Waals surface area contributed by atoms with Crippen LogP contribution in [0, 0.1) is 18.3 Å². The van der Waals surface area contributed by atoms with Gasteiger partial charge in [0.15, 0.2) is 17.6 Å². The third kappa shape index (κ3) is 4.49. The zero-order chi connectivity index (χ0) is 20.1. The smallest absolute Gasteiger partial charge is 0.347 e. The quantitative estimate of drug-likeness (QED) is 0.699. The number of aryl methyl sites for hydroxylation is 1. The number of esters is 1. The Kier molecular flexibility index (Phi) is 6.64. The van der Waals surface area contributed by atoms with Crippen LogP contribution in [0.3, 0.4) is 0 Å². The summed E-state index contributed by atoms with van der Waals surface area (Å²) in [5, 5.41) is 9.36. The van der Waals surface area contributed by atoms with Gasteiger partial charge in [-0.05, 0) is 39.0 Å². The van der Waals surface area contributed by atoms with Crippen LogP contribution < -0.4 is 15.0 Å². The highest BCUT2D eigenvalue weighted by Gasteiger charge is 2.21. The Balaban J connectivity index is 2.53. The fraction of sp³-hybridized carbons (Fsp3) is 0.316. The molecule has 1 atom stereocenters. The summed E-state index contributed by atoms with van der Waals surface area (Å²) in [5.74, 6) is 0.191. The Bertz CT molecular complexity index is 962. The zero-order valence-electron chi connectivity index (χ0n) is 15.4. The molecule has 0 bridgehead atoms. The van der Waals surface area contributed by atoms with Gasteiger partial charge >= 0.3 is 5.97 Å². The highest BCUT2D eigenvalue weighted by atomic mass is 79.9. The number of rotatable bonds is 6. The van der Waals surface area contributed by atoms with Gasteiger partial charge in [0, 0.05) is 21.3 Å². The van der Waals surface area contributed by atoms with Crippen LogP contribution in [-0.2, 0) is 9.53 Å². The molecule has 1 N–H and O–H groups in total. The Labute approximate surface area is 165 Å². The van der Waals surface area contributed by atoms with Gasteiger partial charge in [0.1, 0.15) is 11.6 Å². The van der Waals surface area contributed by atoms with Crippen molar-refractivity contribution in [3.8, 4) is 28.7 Å². The Hall–Kier alpha value is -2.79. The summed E-state index contributed by atoms with van der Waals surface area (Å²) < 4.78 is 16.6. The second kappa shape index (κ2) is 8.73. The molecule has 142 valence electrons. The molecule has 0 spiro atoms. The lowest BCUT2D eigenvalue weighted by atomic mass is 10.0. The van der Waals surface area contributed by atoms with Crippen LogP contribution in [0.15, 0.2) is 27.5 Å². The number of carbonyl (C=O) groups excluding carboxylic acids is 1. The van der Waals surface area contributed by atoms with Crippen molar-refractivity contribution >= 4 is 21.9 Å². The van der Waals surface area contributed by atoms with Gasteiger partial charge in [0.05, 0.1) is 13.7 Å². The molecule has 0 aliphatic carbocycles. The van der Waals surface area contributed by atoms with Gasteiger partial charge in [-0.3, -0.25) is 4.79 Å². The summed E-state index contributed by atoms with van der Waals surface area (Å²) in [6.07, 6.45) is -0.826. The molecule has 0 saturated carbocycles. The summed E-state index contributed by atoms with van der Waals surface area (Å²) in [5.41, 5.74) is 1.21. The molecule has 7 nitrogen and oxygen atoms in total. The lowest BCUT2D eigenvalue weighted by molar-refractivity contribution is -0.150. The summed E-state index contributed by atoms with van der Waals surface area (Å²) in [6, 6.07) is 6.91. The van der Waals surface area contributed by atoms with Crippen molar-refractivity contribution in [1.82, 2.24) is 4.98 Å². The summed E-state index contributed by atoms with van der Waals surface area (Å²) in [7, 11) is 1.46. The van der Waals surface area contributed by atoms with E-state index in [1.54, 1.807) is 39.0 Å². The summed E-state index contributed by atoms with van der Waals surface area (Å²) in [6.45, 7) is 5.28. The van der Waals surface area contributed by atoms with Gasteiger partial charge < -0.3 is 19.2 Å². The average molecular weight is 435 g/mol. The molecule has 0 aliphatic rings. The van der Waals surface area contributed by atoms with Crippen molar-refractivity contribution in [2.75, 3.05) is 13.7 Å². The van der Waals surface area contributed by atoms with Crippen LogP contribution in [0.25, 0.3) is 11.1 Å². The average Bonchev–Trinajstić information content (AvgIpc) is 2.61. The molecule has 0 aliphatic heterocycles. The van der Waals surface area contributed by atoms with Crippen molar-refractivity contribution in [2.24, 2.45) is 0 Å². The predicted octanol–water partition coefficient (Wildman–Crippen LogP) is 3.32. The highest BCUT2D eigenvalue weighted by molar-refractivity contribution is 9.10. The maximum absolute atomic E-state index is 12.1. The number of ether oxygens (including phenoxy) is 3. The van der Waals surface area contributed by atoms with E-state index in [0.29, 0.717) is 32.8 Å². The molecule has 1 aromatic carbocycles. The van der Waals surface area contributed by atoms with Gasteiger partial charge in [0.25, 0.3) is 5.56 Å². The number of halogens is 1. The molecule has 0 fully saturated rings. The number of H-pyrrole nitrogens is 1. The number of aromatic nitrogens is 1. The third-order valence-electron chi connectivity index (χ3n) is 3.75. The van der Waals surface area contributed by atoms with Crippen LogP contribution in [-0.4, -0.2) is 30.8 Å². The SMILES string of the molecule is CCOC(=O)C(C)Oc1cc(Br)c(-c2cc(C)[nH]c(=O)c2C#N)cc1OC. The number of carbonyl (C=O) groups is 1. The minimum absolute atomic E-state index is 0.00286. The molecular weight excluding hydrogens is 416 g/mol. The van der Waals surface area contributed by atoms with Crippen LogP contribution >= 0.6 is 15.9 Å². The number of hydrogen-bond acceptors (Lipinski definition) is 6. The monoisotopic (exact) mass is 434 g/mol. The first-order valence-corrected chi connectivity index (χ1v) is 8.96. The van der Waals surface area contributed by atoms with E-state index in [4.69, 9.17) is 14.2 Å².